The molecule has 1 saturated heterocycles. The number of aromatic amines is 1. The highest BCUT2D eigenvalue weighted by Crippen LogP contribution is 2.13. The minimum Gasteiger partial charge on any atom is -0.357 e. The van der Waals surface area contributed by atoms with E-state index in [1.807, 2.05) is 0 Å². The van der Waals surface area contributed by atoms with Crippen LogP contribution < -0.4 is 10.9 Å². The number of fused-ring (bicyclic) bond motifs is 1. The first-order valence-corrected chi connectivity index (χ1v) is 7.92. The first-order valence-electron chi connectivity index (χ1n) is 7.92. The molecule has 3 heterocycles. The predicted molar refractivity (Wildman–Crippen MR) is 89.8 cm³/mol. The molecule has 7 nitrogen and oxygen atoms in total. The Morgan fingerprint density at radius 2 is 2.00 bits per heavy atom. The monoisotopic (exact) mass is 317 g/mol. The summed E-state index contributed by atoms with van der Waals surface area (Å²) in [5.41, 5.74) is 0.875. The second-order valence-electron chi connectivity index (χ2n) is 6.13. The van der Waals surface area contributed by atoms with Crippen molar-refractivity contribution in [2.75, 3.05) is 46.3 Å². The van der Waals surface area contributed by atoms with E-state index in [1.165, 1.54) is 4.57 Å². The zero-order chi connectivity index (χ0) is 16.4. The van der Waals surface area contributed by atoms with Crippen LogP contribution >= 0.6 is 0 Å². The molecule has 0 radical (unpaired) electrons. The predicted octanol–water partition coefficient (Wildman–Crippen LogP) is -0.156. The van der Waals surface area contributed by atoms with Crippen LogP contribution in [0.4, 0.5) is 0 Å². The summed E-state index contributed by atoms with van der Waals surface area (Å²) in [6.45, 7) is 5.67. The molecule has 0 saturated carbocycles. The molecule has 1 amide bonds. The Morgan fingerprint density at radius 3 is 2.74 bits per heavy atom. The molecule has 124 valence electrons. The Kier molecular flexibility index (Phi) is 4.49. The first-order chi connectivity index (χ1) is 11.1. The van der Waals surface area contributed by atoms with E-state index in [-0.39, 0.29) is 11.5 Å². The summed E-state index contributed by atoms with van der Waals surface area (Å²) in [6.07, 6.45) is 3.29. The molecule has 0 unspecified atom stereocenters. The second kappa shape index (κ2) is 6.55. The van der Waals surface area contributed by atoms with Gasteiger partial charge in [-0.1, -0.05) is 0 Å². The minimum absolute atomic E-state index is 0.126. The average molecular weight is 317 g/mol. The van der Waals surface area contributed by atoms with Crippen LogP contribution in [0, 0.1) is 0 Å². The Balaban J connectivity index is 1.64. The van der Waals surface area contributed by atoms with Crippen LogP contribution in [-0.2, 0) is 7.05 Å². The molecule has 0 spiro atoms. The second-order valence-corrected chi connectivity index (χ2v) is 6.13. The largest absolute Gasteiger partial charge is 0.357 e. The van der Waals surface area contributed by atoms with E-state index in [0.717, 1.165) is 32.7 Å². The van der Waals surface area contributed by atoms with Crippen LogP contribution in [0.5, 0.6) is 0 Å². The molecule has 1 fully saturated rings. The van der Waals surface area contributed by atoms with Crippen molar-refractivity contribution < 1.29 is 4.79 Å². The maximum Gasteiger partial charge on any atom is 0.274 e. The van der Waals surface area contributed by atoms with Gasteiger partial charge in [0.25, 0.3) is 11.5 Å². The van der Waals surface area contributed by atoms with Gasteiger partial charge in [0.1, 0.15) is 5.52 Å². The molecule has 2 aromatic heterocycles. The van der Waals surface area contributed by atoms with E-state index in [1.54, 1.807) is 25.5 Å². The first kappa shape index (κ1) is 15.8. The van der Waals surface area contributed by atoms with Gasteiger partial charge in [-0.3, -0.25) is 14.5 Å². The van der Waals surface area contributed by atoms with Crippen LogP contribution in [0.2, 0.25) is 0 Å². The molecule has 2 N–H and O–H groups in total. The van der Waals surface area contributed by atoms with Gasteiger partial charge in [-0.2, -0.15) is 0 Å². The fraction of sp³-hybridized carbons (Fsp3) is 0.500. The highest BCUT2D eigenvalue weighted by molar-refractivity contribution is 6.05. The van der Waals surface area contributed by atoms with Crippen molar-refractivity contribution in [3.8, 4) is 0 Å². The van der Waals surface area contributed by atoms with Gasteiger partial charge in [0, 0.05) is 64.1 Å². The van der Waals surface area contributed by atoms with Crippen molar-refractivity contribution in [2.24, 2.45) is 7.05 Å². The number of amides is 1. The molecular weight excluding hydrogens is 294 g/mol. The van der Waals surface area contributed by atoms with Crippen molar-refractivity contribution in [1.29, 1.82) is 0 Å². The molecule has 23 heavy (non-hydrogen) atoms. The van der Waals surface area contributed by atoms with Gasteiger partial charge >= 0.3 is 0 Å². The van der Waals surface area contributed by atoms with Crippen molar-refractivity contribution in [1.82, 2.24) is 24.7 Å². The minimum atomic E-state index is -0.140. The lowest BCUT2D eigenvalue weighted by molar-refractivity contribution is 0.0942. The van der Waals surface area contributed by atoms with E-state index < -0.39 is 0 Å². The molecule has 1 aliphatic rings. The number of aryl methyl sites for hydroxylation is 1. The number of aromatic nitrogens is 2. The molecule has 0 aliphatic carbocycles. The Hall–Kier alpha value is -2.12. The van der Waals surface area contributed by atoms with Crippen LogP contribution in [0.25, 0.3) is 10.9 Å². The zero-order valence-electron chi connectivity index (χ0n) is 13.6. The number of rotatable bonds is 4. The number of likely N-dealkylation sites (N-methyl/N-ethyl adjacent to an activating group) is 1. The lowest BCUT2D eigenvalue weighted by Gasteiger charge is -2.32. The third-order valence-corrected chi connectivity index (χ3v) is 4.45. The van der Waals surface area contributed by atoms with Crippen molar-refractivity contribution in [3.05, 3.63) is 34.4 Å². The average Bonchev–Trinajstić information content (AvgIpc) is 3.02. The quantitative estimate of drug-likeness (QED) is 0.822. The van der Waals surface area contributed by atoms with Gasteiger partial charge in [0.05, 0.1) is 5.56 Å². The molecule has 0 atom stereocenters. The summed E-state index contributed by atoms with van der Waals surface area (Å²) < 4.78 is 1.44. The molecule has 3 rings (SSSR count). The lowest BCUT2D eigenvalue weighted by atomic mass is 10.1. The number of nitrogens with zero attached hydrogens (tertiary/aromatic N) is 3. The normalized spacial score (nSPS) is 16.8. The number of piperazine rings is 1. The summed E-state index contributed by atoms with van der Waals surface area (Å²) >= 11 is 0. The standard InChI is InChI=1S/C16H23N5O2/c1-19-7-9-21(10-8-19)6-5-18-15(22)13-11-20(2)16(23)14-12(13)3-4-17-14/h3-4,11,17H,5-10H2,1-2H3,(H,18,22). The van der Waals surface area contributed by atoms with Gasteiger partial charge < -0.3 is 19.8 Å². The highest BCUT2D eigenvalue weighted by atomic mass is 16.2. The van der Waals surface area contributed by atoms with Crippen molar-refractivity contribution in [2.45, 2.75) is 0 Å². The van der Waals surface area contributed by atoms with E-state index in [4.69, 9.17) is 0 Å². The number of hydrogen-bond donors (Lipinski definition) is 2. The number of carbonyl (C=O) groups excluding carboxylic acids is 1. The molecule has 0 bridgehead atoms. The summed E-state index contributed by atoms with van der Waals surface area (Å²) in [4.78, 5) is 32.0. The Bertz CT molecular complexity index is 755. The highest BCUT2D eigenvalue weighted by Gasteiger charge is 2.16. The lowest BCUT2D eigenvalue weighted by Crippen LogP contribution is -2.46. The number of pyridine rings is 1. The zero-order valence-corrected chi connectivity index (χ0v) is 13.6. The summed E-state index contributed by atoms with van der Waals surface area (Å²) in [5, 5.41) is 3.63. The Morgan fingerprint density at radius 1 is 1.26 bits per heavy atom. The van der Waals surface area contributed by atoms with Crippen LogP contribution in [0.15, 0.2) is 23.3 Å². The third kappa shape index (κ3) is 3.30. The maximum atomic E-state index is 12.4. The molecule has 7 heteroatoms. The fourth-order valence-corrected chi connectivity index (χ4v) is 2.94. The van der Waals surface area contributed by atoms with E-state index in [2.05, 4.69) is 27.1 Å². The van der Waals surface area contributed by atoms with Gasteiger partial charge in [0.15, 0.2) is 0 Å². The van der Waals surface area contributed by atoms with E-state index in [9.17, 15) is 9.59 Å². The number of hydrogen-bond acceptors (Lipinski definition) is 4. The summed E-state index contributed by atoms with van der Waals surface area (Å²) in [7, 11) is 3.78. The van der Waals surface area contributed by atoms with E-state index >= 15 is 0 Å². The summed E-state index contributed by atoms with van der Waals surface area (Å²) in [6, 6.07) is 1.77. The van der Waals surface area contributed by atoms with Gasteiger partial charge in [-0.25, -0.2) is 0 Å². The smallest absolute Gasteiger partial charge is 0.274 e. The van der Waals surface area contributed by atoms with Gasteiger partial charge in [0.2, 0.25) is 0 Å². The third-order valence-electron chi connectivity index (χ3n) is 4.45. The van der Waals surface area contributed by atoms with Crippen LogP contribution in [-0.4, -0.2) is 71.6 Å². The van der Waals surface area contributed by atoms with Crippen molar-refractivity contribution in [3.63, 3.8) is 0 Å². The number of H-pyrrole nitrogens is 1. The Labute approximate surface area is 134 Å². The number of nitrogens with one attached hydrogen (secondary N) is 2. The molecular formula is C16H23N5O2. The fourth-order valence-electron chi connectivity index (χ4n) is 2.94. The van der Waals surface area contributed by atoms with Crippen LogP contribution in [0.1, 0.15) is 10.4 Å². The SMILES string of the molecule is CN1CCN(CCNC(=O)c2cn(C)c(=O)c3[nH]ccc23)CC1. The van der Waals surface area contributed by atoms with Gasteiger partial charge in [-0.15, -0.1) is 0 Å². The summed E-state index contributed by atoms with van der Waals surface area (Å²) in [5.74, 6) is -0.140. The molecule has 1 aliphatic heterocycles. The molecule has 2 aromatic rings. The van der Waals surface area contributed by atoms with Gasteiger partial charge in [-0.05, 0) is 13.1 Å². The van der Waals surface area contributed by atoms with E-state index in [0.29, 0.717) is 23.0 Å². The van der Waals surface area contributed by atoms with Crippen LogP contribution in [0.3, 0.4) is 0 Å². The van der Waals surface area contributed by atoms with Crippen molar-refractivity contribution >= 4 is 16.8 Å². The molecule has 0 aromatic carbocycles. The number of carbonyl (C=O) groups is 1. The topological polar surface area (TPSA) is 73.4 Å². The maximum absolute atomic E-state index is 12.4.